The molecule has 3 aromatic rings. The Kier molecular flexibility index (Phi) is 7.01. The Bertz CT molecular complexity index is 1290. The Labute approximate surface area is 203 Å². The molecular formula is C27H26FN5O2. The molecule has 2 heterocycles. The van der Waals surface area contributed by atoms with E-state index < -0.39 is 29.6 Å². The lowest BCUT2D eigenvalue weighted by molar-refractivity contribution is -0.123. The third-order valence-electron chi connectivity index (χ3n) is 5.84. The van der Waals surface area contributed by atoms with Crippen LogP contribution >= 0.6 is 0 Å². The number of carbonyl (C=O) groups is 2. The van der Waals surface area contributed by atoms with Crippen LogP contribution in [0.1, 0.15) is 40.7 Å². The van der Waals surface area contributed by atoms with Gasteiger partial charge in [-0.05, 0) is 55.3 Å². The number of aromatic nitrogens is 1. The van der Waals surface area contributed by atoms with Gasteiger partial charge in [-0.3, -0.25) is 9.59 Å². The molecule has 0 aliphatic carbocycles. The number of nitrogens with zero attached hydrogens (tertiary/aromatic N) is 1. The molecule has 0 saturated carbocycles. The summed E-state index contributed by atoms with van der Waals surface area (Å²) < 4.78 is 13.8. The highest BCUT2D eigenvalue weighted by molar-refractivity contribution is 6.06. The maximum atomic E-state index is 13.8. The van der Waals surface area contributed by atoms with Gasteiger partial charge in [0.1, 0.15) is 23.5 Å². The van der Waals surface area contributed by atoms with Crippen LogP contribution in [-0.4, -0.2) is 28.6 Å². The van der Waals surface area contributed by atoms with E-state index in [-0.39, 0.29) is 5.71 Å². The summed E-state index contributed by atoms with van der Waals surface area (Å²) in [6.07, 6.45) is 2.00. The average Bonchev–Trinajstić information content (AvgIpc) is 2.86. The van der Waals surface area contributed by atoms with Gasteiger partial charge in [0, 0.05) is 29.0 Å². The topological polar surface area (TPSA) is 107 Å². The van der Waals surface area contributed by atoms with E-state index in [9.17, 15) is 14.0 Å². The van der Waals surface area contributed by atoms with Crippen molar-refractivity contribution in [3.05, 3.63) is 107 Å². The molecule has 2 aromatic carbocycles. The molecule has 0 fully saturated rings. The number of benzene rings is 2. The number of hydrogen-bond donors (Lipinski definition) is 4. The van der Waals surface area contributed by atoms with Crippen LogP contribution in [0.4, 0.5) is 10.2 Å². The highest BCUT2D eigenvalue weighted by atomic mass is 19.1. The van der Waals surface area contributed by atoms with Crippen molar-refractivity contribution in [1.29, 1.82) is 5.41 Å². The number of carbonyl (C=O) groups excluding carboxylic acids is 2. The van der Waals surface area contributed by atoms with Gasteiger partial charge in [0.25, 0.3) is 5.91 Å². The first-order valence-corrected chi connectivity index (χ1v) is 11.3. The van der Waals surface area contributed by atoms with Gasteiger partial charge in [0.05, 0.1) is 0 Å². The third kappa shape index (κ3) is 5.27. The van der Waals surface area contributed by atoms with Gasteiger partial charge >= 0.3 is 0 Å². The van der Waals surface area contributed by atoms with E-state index in [0.717, 1.165) is 5.56 Å². The minimum absolute atomic E-state index is 0.271. The second-order valence-electron chi connectivity index (χ2n) is 8.30. The smallest absolute Gasteiger partial charge is 0.251 e. The summed E-state index contributed by atoms with van der Waals surface area (Å²) in [5.41, 5.74) is 2.70. The SMILES string of the molecule is CCC(=N)C1=C(Nc2ccccn2)NC(=O)[C@@H](NC(=O)c2cccc(C)c2)C1c1ccc(F)cc1. The Hall–Kier alpha value is -4.33. The summed E-state index contributed by atoms with van der Waals surface area (Å²) >= 11 is 0. The van der Waals surface area contributed by atoms with Crippen LogP contribution in [-0.2, 0) is 4.79 Å². The number of amides is 2. The zero-order valence-electron chi connectivity index (χ0n) is 19.4. The fourth-order valence-electron chi connectivity index (χ4n) is 4.12. The first-order valence-electron chi connectivity index (χ1n) is 11.3. The zero-order chi connectivity index (χ0) is 24.9. The minimum atomic E-state index is -1.02. The van der Waals surface area contributed by atoms with Gasteiger partial charge in [-0.25, -0.2) is 9.37 Å². The van der Waals surface area contributed by atoms with Crippen LogP contribution in [0.3, 0.4) is 0 Å². The maximum Gasteiger partial charge on any atom is 0.251 e. The number of halogens is 1. The largest absolute Gasteiger partial charge is 0.339 e. The summed E-state index contributed by atoms with van der Waals surface area (Å²) in [6.45, 7) is 3.72. The first kappa shape index (κ1) is 23.8. The molecule has 1 aliphatic heterocycles. The molecule has 2 amide bonds. The molecule has 0 radical (unpaired) electrons. The molecule has 1 unspecified atom stereocenters. The predicted molar refractivity (Wildman–Crippen MR) is 133 cm³/mol. The van der Waals surface area contributed by atoms with E-state index in [0.29, 0.717) is 34.8 Å². The maximum absolute atomic E-state index is 13.8. The van der Waals surface area contributed by atoms with Crippen LogP contribution in [0, 0.1) is 18.2 Å². The first-order chi connectivity index (χ1) is 16.9. The Morgan fingerprint density at radius 3 is 2.54 bits per heavy atom. The summed E-state index contributed by atoms with van der Waals surface area (Å²) in [4.78, 5) is 30.7. The molecule has 4 N–H and O–H groups in total. The van der Waals surface area contributed by atoms with Gasteiger partial charge in [-0.2, -0.15) is 0 Å². The molecule has 0 saturated heterocycles. The minimum Gasteiger partial charge on any atom is -0.339 e. The van der Waals surface area contributed by atoms with E-state index >= 15 is 0 Å². The van der Waals surface area contributed by atoms with E-state index in [4.69, 9.17) is 5.41 Å². The zero-order valence-corrected chi connectivity index (χ0v) is 19.4. The number of anilines is 1. The number of nitrogens with one attached hydrogen (secondary N) is 4. The lowest BCUT2D eigenvalue weighted by atomic mass is 9.79. The fraction of sp³-hybridized carbons (Fsp3) is 0.185. The average molecular weight is 472 g/mol. The number of rotatable bonds is 7. The van der Waals surface area contributed by atoms with Crippen LogP contribution in [0.15, 0.2) is 84.3 Å². The monoisotopic (exact) mass is 471 g/mol. The summed E-state index contributed by atoms with van der Waals surface area (Å²) in [5, 5.41) is 17.5. The third-order valence-corrected chi connectivity index (χ3v) is 5.84. The number of pyridine rings is 1. The highest BCUT2D eigenvalue weighted by Crippen LogP contribution is 2.35. The van der Waals surface area contributed by atoms with Crippen LogP contribution in [0.5, 0.6) is 0 Å². The molecular weight excluding hydrogens is 445 g/mol. The Morgan fingerprint density at radius 1 is 1.11 bits per heavy atom. The molecule has 0 bridgehead atoms. The van der Waals surface area contributed by atoms with Gasteiger partial charge in [0.2, 0.25) is 5.91 Å². The molecule has 178 valence electrons. The van der Waals surface area contributed by atoms with Crippen LogP contribution in [0.2, 0.25) is 0 Å². The lowest BCUT2D eigenvalue weighted by Gasteiger charge is -2.36. The summed E-state index contributed by atoms with van der Waals surface area (Å²) in [6, 6.07) is 17.1. The van der Waals surface area contributed by atoms with Gasteiger partial charge < -0.3 is 21.4 Å². The summed E-state index contributed by atoms with van der Waals surface area (Å²) in [7, 11) is 0. The summed E-state index contributed by atoms with van der Waals surface area (Å²) in [5.74, 6) is -1.20. The van der Waals surface area contributed by atoms with Gasteiger partial charge in [-0.1, -0.05) is 42.8 Å². The molecule has 0 spiro atoms. The standard InChI is InChI=1S/C27H26FN5O2/c1-3-20(29)23-22(17-10-12-19(28)13-11-17)24(32-26(34)18-8-6-7-16(2)15-18)27(35)33-25(23)31-21-9-4-5-14-30-21/h4-15,22,24,29H,3H2,1-2H3,(H,30,31)(H,32,34)(H,33,35)/t22?,24-/m0/s1. The second-order valence-corrected chi connectivity index (χ2v) is 8.30. The molecule has 1 aliphatic rings. The van der Waals surface area contributed by atoms with Crippen molar-refractivity contribution in [2.45, 2.75) is 32.2 Å². The molecule has 4 rings (SSSR count). The normalized spacial score (nSPS) is 17.5. The van der Waals surface area contributed by atoms with Crippen LogP contribution in [0.25, 0.3) is 0 Å². The van der Waals surface area contributed by atoms with Crippen molar-refractivity contribution >= 4 is 23.3 Å². The van der Waals surface area contributed by atoms with Crippen molar-refractivity contribution in [3.63, 3.8) is 0 Å². The molecule has 1 aromatic heterocycles. The fourth-order valence-corrected chi connectivity index (χ4v) is 4.12. The molecule has 2 atom stereocenters. The highest BCUT2D eigenvalue weighted by Gasteiger charge is 2.41. The number of hydrogen-bond acceptors (Lipinski definition) is 5. The van der Waals surface area contributed by atoms with Crippen molar-refractivity contribution in [1.82, 2.24) is 15.6 Å². The molecule has 35 heavy (non-hydrogen) atoms. The van der Waals surface area contributed by atoms with E-state index in [1.807, 2.05) is 19.9 Å². The second kappa shape index (κ2) is 10.3. The molecule has 8 heteroatoms. The van der Waals surface area contributed by atoms with Gasteiger partial charge in [-0.15, -0.1) is 0 Å². The van der Waals surface area contributed by atoms with E-state index in [2.05, 4.69) is 20.9 Å². The van der Waals surface area contributed by atoms with Crippen molar-refractivity contribution in [2.24, 2.45) is 0 Å². The van der Waals surface area contributed by atoms with Crippen molar-refractivity contribution in [3.8, 4) is 0 Å². The van der Waals surface area contributed by atoms with E-state index in [1.54, 1.807) is 54.7 Å². The lowest BCUT2D eigenvalue weighted by Crippen LogP contribution is -2.55. The van der Waals surface area contributed by atoms with E-state index in [1.165, 1.54) is 12.1 Å². The Morgan fingerprint density at radius 2 is 1.89 bits per heavy atom. The Balaban J connectivity index is 1.81. The quantitative estimate of drug-likeness (QED) is 0.386. The number of aryl methyl sites for hydroxylation is 1. The molecule has 7 nitrogen and oxygen atoms in total. The van der Waals surface area contributed by atoms with Crippen LogP contribution < -0.4 is 16.0 Å². The predicted octanol–water partition coefficient (Wildman–Crippen LogP) is 4.29. The van der Waals surface area contributed by atoms with Crippen molar-refractivity contribution < 1.29 is 14.0 Å². The van der Waals surface area contributed by atoms with Gasteiger partial charge in [0.15, 0.2) is 0 Å². The van der Waals surface area contributed by atoms with Crippen molar-refractivity contribution in [2.75, 3.05) is 5.32 Å².